The highest BCUT2D eigenvalue weighted by Gasteiger charge is 2.21. The van der Waals surface area contributed by atoms with Gasteiger partial charge in [0.15, 0.2) is 6.10 Å². The van der Waals surface area contributed by atoms with Crippen LogP contribution in [0.4, 0.5) is 0 Å². The van der Waals surface area contributed by atoms with Gasteiger partial charge in [0.2, 0.25) is 0 Å². The Hall–Kier alpha value is -1.06. The van der Waals surface area contributed by atoms with Crippen LogP contribution in [0.2, 0.25) is 0 Å². The van der Waals surface area contributed by atoms with E-state index in [1.54, 1.807) is 6.92 Å². The van der Waals surface area contributed by atoms with E-state index in [1.807, 2.05) is 6.92 Å². The van der Waals surface area contributed by atoms with Gasteiger partial charge in [-0.2, -0.15) is 0 Å². The maximum Gasteiger partial charge on any atom is 0.347 e. The van der Waals surface area contributed by atoms with E-state index in [9.17, 15) is 9.59 Å². The molecule has 76 valence electrons. The van der Waals surface area contributed by atoms with Crippen molar-refractivity contribution in [3.63, 3.8) is 0 Å². The molecule has 4 heteroatoms. The molecule has 0 fully saturated rings. The molecule has 0 radical (unpaired) electrons. The Balaban J connectivity index is 4.06. The first-order valence-electron chi connectivity index (χ1n) is 4.45. The van der Waals surface area contributed by atoms with Gasteiger partial charge in [0.05, 0.1) is 6.61 Å². The Labute approximate surface area is 78.2 Å². The van der Waals surface area contributed by atoms with E-state index in [2.05, 4.69) is 0 Å². The van der Waals surface area contributed by atoms with E-state index in [1.165, 1.54) is 6.92 Å². The molecule has 0 aliphatic carbocycles. The summed E-state index contributed by atoms with van der Waals surface area (Å²) in [6, 6.07) is 0. The summed E-state index contributed by atoms with van der Waals surface area (Å²) in [5.41, 5.74) is 0. The second-order valence-corrected chi connectivity index (χ2v) is 2.64. The van der Waals surface area contributed by atoms with E-state index < -0.39 is 18.0 Å². The maximum absolute atomic E-state index is 11.2. The monoisotopic (exact) mass is 188 g/mol. The number of hydrogen-bond acceptors (Lipinski definition) is 4. The molecule has 0 saturated carbocycles. The van der Waals surface area contributed by atoms with Crippen molar-refractivity contribution in [3.05, 3.63) is 0 Å². The summed E-state index contributed by atoms with van der Waals surface area (Å²) in [7, 11) is 0. The quantitative estimate of drug-likeness (QED) is 0.610. The lowest BCUT2D eigenvalue weighted by Gasteiger charge is -2.13. The fourth-order valence-corrected chi connectivity index (χ4v) is 0.923. The molecule has 0 aliphatic heterocycles. The van der Waals surface area contributed by atoms with Crippen molar-refractivity contribution in [1.29, 1.82) is 0 Å². The van der Waals surface area contributed by atoms with Crippen LogP contribution >= 0.6 is 0 Å². The summed E-state index contributed by atoms with van der Waals surface area (Å²) in [4.78, 5) is 21.8. The molecule has 0 saturated heterocycles. The van der Waals surface area contributed by atoms with Gasteiger partial charge in [0, 0.05) is 6.92 Å². The van der Waals surface area contributed by atoms with Crippen LogP contribution in [0, 0.1) is 0 Å². The first-order valence-corrected chi connectivity index (χ1v) is 4.45. The number of ether oxygens (including phenoxy) is 2. The summed E-state index contributed by atoms with van der Waals surface area (Å²) < 4.78 is 9.53. The molecular formula is C9H16O4. The molecule has 0 aromatic rings. The van der Waals surface area contributed by atoms with E-state index in [0.717, 1.165) is 6.42 Å². The van der Waals surface area contributed by atoms with Gasteiger partial charge in [-0.1, -0.05) is 13.3 Å². The van der Waals surface area contributed by atoms with E-state index in [-0.39, 0.29) is 0 Å². The van der Waals surface area contributed by atoms with Crippen LogP contribution in [-0.2, 0) is 19.1 Å². The summed E-state index contributed by atoms with van der Waals surface area (Å²) in [5.74, 6) is -0.911. The van der Waals surface area contributed by atoms with E-state index in [0.29, 0.717) is 13.0 Å². The molecule has 0 rings (SSSR count). The van der Waals surface area contributed by atoms with Crippen LogP contribution in [-0.4, -0.2) is 24.6 Å². The second-order valence-electron chi connectivity index (χ2n) is 2.64. The van der Waals surface area contributed by atoms with Crippen molar-refractivity contribution in [2.45, 2.75) is 39.7 Å². The molecule has 0 N–H and O–H groups in total. The molecule has 0 aromatic carbocycles. The Bertz CT molecular complexity index is 176. The van der Waals surface area contributed by atoms with E-state index >= 15 is 0 Å². The van der Waals surface area contributed by atoms with Crippen molar-refractivity contribution in [3.8, 4) is 0 Å². The minimum Gasteiger partial charge on any atom is -0.463 e. The fourth-order valence-electron chi connectivity index (χ4n) is 0.923. The molecule has 0 aliphatic rings. The Morgan fingerprint density at radius 2 is 1.92 bits per heavy atom. The predicted octanol–water partition coefficient (Wildman–Crippen LogP) is 1.28. The number of rotatable bonds is 5. The summed E-state index contributed by atoms with van der Waals surface area (Å²) >= 11 is 0. The van der Waals surface area contributed by atoms with Crippen LogP contribution < -0.4 is 0 Å². The van der Waals surface area contributed by atoms with Crippen LogP contribution in [0.3, 0.4) is 0 Å². The molecule has 1 unspecified atom stereocenters. The van der Waals surface area contributed by atoms with Crippen LogP contribution in [0.5, 0.6) is 0 Å². The first kappa shape index (κ1) is 11.9. The number of carbonyl (C=O) groups is 2. The predicted molar refractivity (Wildman–Crippen MR) is 47.1 cm³/mol. The van der Waals surface area contributed by atoms with Gasteiger partial charge in [-0.3, -0.25) is 4.79 Å². The number of esters is 2. The average molecular weight is 188 g/mol. The Morgan fingerprint density at radius 3 is 2.31 bits per heavy atom. The zero-order valence-electron chi connectivity index (χ0n) is 8.33. The first-order chi connectivity index (χ1) is 6.11. The smallest absolute Gasteiger partial charge is 0.347 e. The fraction of sp³-hybridized carbons (Fsp3) is 0.778. The van der Waals surface area contributed by atoms with E-state index in [4.69, 9.17) is 9.47 Å². The number of hydrogen-bond donors (Lipinski definition) is 0. The lowest BCUT2D eigenvalue weighted by Crippen LogP contribution is -2.28. The van der Waals surface area contributed by atoms with Crippen molar-refractivity contribution in [2.24, 2.45) is 0 Å². The minimum atomic E-state index is -0.734. The van der Waals surface area contributed by atoms with Crippen LogP contribution in [0.1, 0.15) is 33.6 Å². The zero-order chi connectivity index (χ0) is 10.3. The molecule has 0 amide bonds. The molecule has 13 heavy (non-hydrogen) atoms. The van der Waals surface area contributed by atoms with Gasteiger partial charge in [0.25, 0.3) is 0 Å². The highest BCUT2D eigenvalue weighted by Crippen LogP contribution is 2.04. The molecule has 0 bridgehead atoms. The standard InChI is InChI=1S/C9H16O4/c1-4-6-8(13-7(3)10)9(11)12-5-2/h8H,4-6H2,1-3H3. The van der Waals surface area contributed by atoms with Crippen LogP contribution in [0.25, 0.3) is 0 Å². The van der Waals surface area contributed by atoms with Gasteiger partial charge in [-0.15, -0.1) is 0 Å². The third-order valence-corrected chi connectivity index (χ3v) is 1.41. The third-order valence-electron chi connectivity index (χ3n) is 1.41. The zero-order valence-corrected chi connectivity index (χ0v) is 8.33. The molecular weight excluding hydrogens is 172 g/mol. The van der Waals surface area contributed by atoms with Gasteiger partial charge < -0.3 is 9.47 Å². The normalized spacial score (nSPS) is 11.9. The SMILES string of the molecule is CCCC(OC(C)=O)C(=O)OCC. The van der Waals surface area contributed by atoms with Crippen molar-refractivity contribution < 1.29 is 19.1 Å². The van der Waals surface area contributed by atoms with Gasteiger partial charge in [-0.05, 0) is 13.3 Å². The topological polar surface area (TPSA) is 52.6 Å². The van der Waals surface area contributed by atoms with Gasteiger partial charge in [0.1, 0.15) is 0 Å². The lowest BCUT2D eigenvalue weighted by atomic mass is 10.2. The summed E-state index contributed by atoms with van der Waals surface area (Å²) in [6.07, 6.45) is 0.553. The lowest BCUT2D eigenvalue weighted by molar-refractivity contribution is -0.166. The molecule has 1 atom stereocenters. The summed E-state index contributed by atoms with van der Waals surface area (Å²) in [5, 5.41) is 0. The van der Waals surface area contributed by atoms with Gasteiger partial charge in [-0.25, -0.2) is 4.79 Å². The van der Waals surface area contributed by atoms with Gasteiger partial charge >= 0.3 is 11.9 Å². The molecule has 0 aromatic heterocycles. The second kappa shape index (κ2) is 6.46. The molecule has 0 heterocycles. The maximum atomic E-state index is 11.2. The molecule has 0 spiro atoms. The van der Waals surface area contributed by atoms with Crippen molar-refractivity contribution >= 4 is 11.9 Å². The highest BCUT2D eigenvalue weighted by atomic mass is 16.6. The Kier molecular flexibility index (Phi) is 5.93. The largest absolute Gasteiger partial charge is 0.463 e. The third kappa shape index (κ3) is 5.22. The Morgan fingerprint density at radius 1 is 1.31 bits per heavy atom. The molecule has 4 nitrogen and oxygen atoms in total. The summed E-state index contributed by atoms with van der Waals surface area (Å²) in [6.45, 7) is 5.21. The van der Waals surface area contributed by atoms with Crippen molar-refractivity contribution in [2.75, 3.05) is 6.61 Å². The number of carbonyl (C=O) groups excluding carboxylic acids is 2. The average Bonchev–Trinajstić information content (AvgIpc) is 2.03. The highest BCUT2D eigenvalue weighted by molar-refractivity contribution is 5.78. The minimum absolute atomic E-state index is 0.306. The van der Waals surface area contributed by atoms with Crippen LogP contribution in [0.15, 0.2) is 0 Å². The van der Waals surface area contributed by atoms with Crippen molar-refractivity contribution in [1.82, 2.24) is 0 Å².